The highest BCUT2D eigenvalue weighted by Crippen LogP contribution is 2.11. The van der Waals surface area contributed by atoms with Crippen molar-refractivity contribution in [3.63, 3.8) is 0 Å². The summed E-state index contributed by atoms with van der Waals surface area (Å²) in [7, 11) is 0. The third kappa shape index (κ3) is 5.05. The van der Waals surface area contributed by atoms with E-state index in [0.29, 0.717) is 5.69 Å². The van der Waals surface area contributed by atoms with Gasteiger partial charge in [0.2, 0.25) is 5.95 Å². The van der Waals surface area contributed by atoms with Gasteiger partial charge in [-0.05, 0) is 25.5 Å². The van der Waals surface area contributed by atoms with Gasteiger partial charge in [-0.1, -0.05) is 31.5 Å². The van der Waals surface area contributed by atoms with Crippen LogP contribution < -0.4 is 16.0 Å². The Morgan fingerprint density at radius 1 is 1.14 bits per heavy atom. The van der Waals surface area contributed by atoms with E-state index in [2.05, 4.69) is 32.8 Å². The molecule has 1 aromatic heterocycles. The maximum Gasteiger partial charge on any atom is 0.326 e. The third-order valence-electron chi connectivity index (χ3n) is 2.95. The third-order valence-corrected chi connectivity index (χ3v) is 2.95. The first kappa shape index (κ1) is 15.8. The van der Waals surface area contributed by atoms with Crippen LogP contribution in [-0.4, -0.2) is 22.5 Å². The predicted octanol–water partition coefficient (Wildman–Crippen LogP) is 3.64. The second-order valence-corrected chi connectivity index (χ2v) is 4.94. The normalized spacial score (nSPS) is 10.1. The van der Waals surface area contributed by atoms with Gasteiger partial charge in [0.25, 0.3) is 0 Å². The molecule has 3 N–H and O–H groups in total. The second-order valence-electron chi connectivity index (χ2n) is 4.94. The van der Waals surface area contributed by atoms with E-state index in [1.807, 2.05) is 43.3 Å². The Labute approximate surface area is 130 Å². The number of unbranched alkanes of at least 4 members (excludes halogenated alkanes) is 1. The van der Waals surface area contributed by atoms with Crippen LogP contribution in [-0.2, 0) is 0 Å². The van der Waals surface area contributed by atoms with E-state index in [9.17, 15) is 4.79 Å². The van der Waals surface area contributed by atoms with Gasteiger partial charge in [-0.2, -0.15) is 4.98 Å². The number of amides is 2. The zero-order chi connectivity index (χ0) is 15.8. The summed E-state index contributed by atoms with van der Waals surface area (Å²) in [6.45, 7) is 4.85. The number of carbonyl (C=O) groups excluding carboxylic acids is 1. The van der Waals surface area contributed by atoms with Crippen molar-refractivity contribution in [2.45, 2.75) is 26.7 Å². The molecular weight excluding hydrogens is 278 g/mol. The summed E-state index contributed by atoms with van der Waals surface area (Å²) in [6, 6.07) is 10.7. The van der Waals surface area contributed by atoms with Gasteiger partial charge in [-0.25, -0.2) is 9.78 Å². The molecule has 0 fully saturated rings. The Bertz CT molecular complexity index is 615. The fourth-order valence-electron chi connectivity index (χ4n) is 1.89. The van der Waals surface area contributed by atoms with Crippen molar-refractivity contribution in [1.29, 1.82) is 0 Å². The quantitative estimate of drug-likeness (QED) is 0.711. The molecule has 0 unspecified atom stereocenters. The first-order chi connectivity index (χ1) is 10.7. The zero-order valence-electron chi connectivity index (χ0n) is 12.9. The van der Waals surface area contributed by atoms with E-state index in [1.54, 1.807) is 0 Å². The van der Waals surface area contributed by atoms with Gasteiger partial charge >= 0.3 is 6.03 Å². The van der Waals surface area contributed by atoms with Gasteiger partial charge in [-0.3, -0.25) is 5.32 Å². The van der Waals surface area contributed by atoms with Crippen LogP contribution in [0, 0.1) is 6.92 Å². The zero-order valence-corrected chi connectivity index (χ0v) is 12.9. The number of carbonyl (C=O) groups is 1. The van der Waals surface area contributed by atoms with Crippen LogP contribution in [0.4, 0.5) is 22.2 Å². The van der Waals surface area contributed by atoms with Crippen molar-refractivity contribution in [1.82, 2.24) is 9.97 Å². The Morgan fingerprint density at radius 2 is 1.91 bits per heavy atom. The monoisotopic (exact) mass is 299 g/mol. The second kappa shape index (κ2) is 7.97. The van der Waals surface area contributed by atoms with Gasteiger partial charge in [0, 0.05) is 24.0 Å². The van der Waals surface area contributed by atoms with Crippen molar-refractivity contribution >= 4 is 23.5 Å². The fourth-order valence-corrected chi connectivity index (χ4v) is 1.89. The summed E-state index contributed by atoms with van der Waals surface area (Å²) >= 11 is 0. The molecule has 6 heteroatoms. The number of para-hydroxylation sites is 1. The number of aromatic nitrogens is 2. The van der Waals surface area contributed by atoms with Crippen molar-refractivity contribution in [3.05, 3.63) is 42.1 Å². The van der Waals surface area contributed by atoms with E-state index < -0.39 is 0 Å². The van der Waals surface area contributed by atoms with E-state index in [4.69, 9.17) is 0 Å². The average molecular weight is 299 g/mol. The molecule has 116 valence electrons. The van der Waals surface area contributed by atoms with Gasteiger partial charge in [0.1, 0.15) is 5.82 Å². The highest BCUT2D eigenvalue weighted by Gasteiger charge is 2.07. The van der Waals surface area contributed by atoms with Gasteiger partial charge in [0.15, 0.2) is 0 Å². The van der Waals surface area contributed by atoms with Crippen molar-refractivity contribution < 1.29 is 4.79 Å². The Kier molecular flexibility index (Phi) is 5.71. The molecule has 0 atom stereocenters. The maximum atomic E-state index is 11.9. The lowest BCUT2D eigenvalue weighted by atomic mass is 10.3. The molecular formula is C16H21N5O. The molecule has 1 aromatic carbocycles. The summed E-state index contributed by atoms with van der Waals surface area (Å²) < 4.78 is 0. The molecule has 2 rings (SSSR count). The molecule has 2 amide bonds. The lowest BCUT2D eigenvalue weighted by Gasteiger charge is -2.09. The number of benzene rings is 1. The number of aryl methyl sites for hydroxylation is 1. The minimum Gasteiger partial charge on any atom is -0.370 e. The number of nitrogens with zero attached hydrogens (tertiary/aromatic N) is 2. The molecule has 0 spiro atoms. The maximum absolute atomic E-state index is 11.9. The minimum atomic E-state index is -0.365. The van der Waals surface area contributed by atoms with Crippen LogP contribution >= 0.6 is 0 Å². The van der Waals surface area contributed by atoms with Crippen LogP contribution in [0.5, 0.6) is 0 Å². The minimum absolute atomic E-state index is 0.285. The summed E-state index contributed by atoms with van der Waals surface area (Å²) in [4.78, 5) is 20.5. The van der Waals surface area contributed by atoms with Crippen molar-refractivity contribution in [2.24, 2.45) is 0 Å². The van der Waals surface area contributed by atoms with E-state index in [1.165, 1.54) is 0 Å². The van der Waals surface area contributed by atoms with Gasteiger partial charge in [0.05, 0.1) is 0 Å². The largest absolute Gasteiger partial charge is 0.370 e. The van der Waals surface area contributed by atoms with Crippen LogP contribution in [0.1, 0.15) is 25.5 Å². The lowest BCUT2D eigenvalue weighted by Crippen LogP contribution is -2.21. The first-order valence-electron chi connectivity index (χ1n) is 7.40. The Balaban J connectivity index is 1.98. The number of anilines is 3. The molecule has 0 aliphatic carbocycles. The number of nitrogens with one attached hydrogen (secondary N) is 3. The molecule has 6 nitrogen and oxygen atoms in total. The molecule has 0 saturated carbocycles. The standard InChI is InChI=1S/C16H21N5O/c1-3-4-10-17-14-11-12(2)18-15(20-14)21-16(22)19-13-8-6-5-7-9-13/h5-9,11H,3-4,10H2,1-2H3,(H3,17,18,19,20,21,22). The fraction of sp³-hybridized carbons (Fsp3) is 0.312. The molecule has 22 heavy (non-hydrogen) atoms. The molecule has 2 aromatic rings. The van der Waals surface area contributed by atoms with Gasteiger partial charge in [-0.15, -0.1) is 0 Å². The highest BCUT2D eigenvalue weighted by molar-refractivity contribution is 5.98. The molecule has 0 saturated heterocycles. The van der Waals surface area contributed by atoms with E-state index >= 15 is 0 Å². The Hall–Kier alpha value is -2.63. The van der Waals surface area contributed by atoms with E-state index in [-0.39, 0.29) is 12.0 Å². The highest BCUT2D eigenvalue weighted by atomic mass is 16.2. The molecule has 0 bridgehead atoms. The van der Waals surface area contributed by atoms with Crippen molar-refractivity contribution in [2.75, 3.05) is 22.5 Å². The van der Waals surface area contributed by atoms with Crippen LogP contribution in [0.3, 0.4) is 0 Å². The first-order valence-corrected chi connectivity index (χ1v) is 7.40. The molecule has 0 aliphatic heterocycles. The van der Waals surface area contributed by atoms with Gasteiger partial charge < -0.3 is 10.6 Å². The Morgan fingerprint density at radius 3 is 2.64 bits per heavy atom. The number of urea groups is 1. The number of rotatable bonds is 6. The lowest BCUT2D eigenvalue weighted by molar-refractivity contribution is 0.262. The molecule has 1 heterocycles. The molecule has 0 radical (unpaired) electrons. The van der Waals surface area contributed by atoms with Crippen LogP contribution in [0.2, 0.25) is 0 Å². The number of hydrogen-bond donors (Lipinski definition) is 3. The predicted molar refractivity (Wildman–Crippen MR) is 89.3 cm³/mol. The summed E-state index contributed by atoms with van der Waals surface area (Å²) in [5, 5.41) is 8.61. The topological polar surface area (TPSA) is 78.9 Å². The SMILES string of the molecule is CCCCNc1cc(C)nc(NC(=O)Nc2ccccc2)n1. The number of hydrogen-bond acceptors (Lipinski definition) is 4. The van der Waals surface area contributed by atoms with Crippen molar-refractivity contribution in [3.8, 4) is 0 Å². The smallest absolute Gasteiger partial charge is 0.326 e. The van der Waals surface area contributed by atoms with Crippen LogP contribution in [0.25, 0.3) is 0 Å². The molecule has 0 aliphatic rings. The summed E-state index contributed by atoms with van der Waals surface area (Å²) in [5.74, 6) is 1.00. The van der Waals surface area contributed by atoms with Crippen LogP contribution in [0.15, 0.2) is 36.4 Å². The van der Waals surface area contributed by atoms with E-state index in [0.717, 1.165) is 30.9 Å². The summed E-state index contributed by atoms with van der Waals surface area (Å²) in [6.07, 6.45) is 2.18. The summed E-state index contributed by atoms with van der Waals surface area (Å²) in [5.41, 5.74) is 1.51. The average Bonchev–Trinajstić information content (AvgIpc) is 2.48.